The van der Waals surface area contributed by atoms with Gasteiger partial charge < -0.3 is 5.32 Å². The van der Waals surface area contributed by atoms with Gasteiger partial charge in [0.15, 0.2) is 0 Å². The smallest absolute Gasteiger partial charge is 0.0354 e. The van der Waals surface area contributed by atoms with Crippen LogP contribution in [0.4, 0.5) is 0 Å². The molecule has 1 aromatic rings. The highest BCUT2D eigenvalue weighted by Crippen LogP contribution is 2.38. The van der Waals surface area contributed by atoms with Crippen molar-refractivity contribution >= 4 is 11.3 Å². The summed E-state index contributed by atoms with van der Waals surface area (Å²) in [6.45, 7) is 2.31. The Balaban J connectivity index is 1.90. The van der Waals surface area contributed by atoms with Crippen LogP contribution >= 0.6 is 11.3 Å². The van der Waals surface area contributed by atoms with Gasteiger partial charge in [0.25, 0.3) is 0 Å². The van der Waals surface area contributed by atoms with Crippen LogP contribution in [-0.2, 0) is 0 Å². The second-order valence-corrected chi connectivity index (χ2v) is 6.17. The van der Waals surface area contributed by atoms with E-state index in [1.165, 1.54) is 44.1 Å². The molecule has 0 saturated heterocycles. The molecule has 1 unspecified atom stereocenters. The molecule has 1 fully saturated rings. The van der Waals surface area contributed by atoms with E-state index in [1.807, 2.05) is 11.3 Å². The van der Waals surface area contributed by atoms with Gasteiger partial charge in [0.1, 0.15) is 0 Å². The minimum absolute atomic E-state index is 0.587. The van der Waals surface area contributed by atoms with Crippen LogP contribution in [-0.4, -0.2) is 7.05 Å². The number of thiophene rings is 1. The third kappa shape index (κ3) is 3.32. The fourth-order valence-electron chi connectivity index (χ4n) is 3.34. The van der Waals surface area contributed by atoms with Crippen molar-refractivity contribution in [2.24, 2.45) is 11.8 Å². The Bertz CT molecular complexity index is 299. The standard InChI is InChI=1S/C15H25NS/c1-3-4-12-5-7-13(8-6-12)15(16-2)14-9-10-17-11-14/h9-13,15-16H,3-8H2,1-2H3. The van der Waals surface area contributed by atoms with E-state index >= 15 is 0 Å². The molecule has 0 bridgehead atoms. The van der Waals surface area contributed by atoms with Crippen molar-refractivity contribution in [2.45, 2.75) is 51.5 Å². The maximum Gasteiger partial charge on any atom is 0.0354 e. The van der Waals surface area contributed by atoms with Gasteiger partial charge in [0.2, 0.25) is 0 Å². The van der Waals surface area contributed by atoms with E-state index in [2.05, 4.69) is 36.1 Å². The van der Waals surface area contributed by atoms with Crippen molar-refractivity contribution in [2.75, 3.05) is 7.05 Å². The van der Waals surface area contributed by atoms with Gasteiger partial charge in [-0.1, -0.05) is 32.6 Å². The van der Waals surface area contributed by atoms with Crippen LogP contribution in [0.2, 0.25) is 0 Å². The van der Waals surface area contributed by atoms with Crippen molar-refractivity contribution < 1.29 is 0 Å². The summed E-state index contributed by atoms with van der Waals surface area (Å²) < 4.78 is 0. The van der Waals surface area contributed by atoms with Crippen LogP contribution < -0.4 is 5.32 Å². The highest BCUT2D eigenvalue weighted by Gasteiger charge is 2.27. The molecule has 1 aliphatic carbocycles. The summed E-state index contributed by atoms with van der Waals surface area (Å²) in [5, 5.41) is 8.03. The van der Waals surface area contributed by atoms with Gasteiger partial charge in [-0.2, -0.15) is 11.3 Å². The first-order valence-electron chi connectivity index (χ1n) is 7.04. The van der Waals surface area contributed by atoms with E-state index < -0.39 is 0 Å². The minimum Gasteiger partial charge on any atom is -0.313 e. The van der Waals surface area contributed by atoms with E-state index in [0.717, 1.165) is 11.8 Å². The van der Waals surface area contributed by atoms with Crippen LogP contribution in [0, 0.1) is 11.8 Å². The van der Waals surface area contributed by atoms with Gasteiger partial charge in [-0.15, -0.1) is 0 Å². The largest absolute Gasteiger partial charge is 0.313 e. The van der Waals surface area contributed by atoms with E-state index in [4.69, 9.17) is 0 Å². The van der Waals surface area contributed by atoms with Crippen molar-refractivity contribution in [1.82, 2.24) is 5.32 Å². The van der Waals surface area contributed by atoms with Crippen LogP contribution in [0.1, 0.15) is 57.1 Å². The Hall–Kier alpha value is -0.340. The van der Waals surface area contributed by atoms with Crippen LogP contribution in [0.3, 0.4) is 0 Å². The Labute approximate surface area is 110 Å². The van der Waals surface area contributed by atoms with Crippen LogP contribution in [0.5, 0.6) is 0 Å². The van der Waals surface area contributed by atoms with Gasteiger partial charge in [0.05, 0.1) is 0 Å². The highest BCUT2D eigenvalue weighted by molar-refractivity contribution is 7.07. The Kier molecular flexibility index (Phi) is 5.05. The second-order valence-electron chi connectivity index (χ2n) is 5.39. The third-order valence-corrected chi connectivity index (χ3v) is 4.97. The maximum absolute atomic E-state index is 3.53. The number of hydrogen-bond donors (Lipinski definition) is 1. The average Bonchev–Trinajstić information content (AvgIpc) is 2.86. The first-order valence-corrected chi connectivity index (χ1v) is 7.98. The molecule has 0 spiro atoms. The molecular weight excluding hydrogens is 226 g/mol. The molecule has 17 heavy (non-hydrogen) atoms. The summed E-state index contributed by atoms with van der Waals surface area (Å²) in [4.78, 5) is 0. The van der Waals surface area contributed by atoms with Gasteiger partial charge in [-0.3, -0.25) is 0 Å². The molecular formula is C15H25NS. The summed E-state index contributed by atoms with van der Waals surface area (Å²) in [6.07, 6.45) is 8.50. The first kappa shape index (κ1) is 13.1. The zero-order valence-electron chi connectivity index (χ0n) is 11.1. The molecule has 0 amide bonds. The number of hydrogen-bond acceptors (Lipinski definition) is 2. The molecule has 1 aromatic heterocycles. The minimum atomic E-state index is 0.587. The van der Waals surface area contributed by atoms with Gasteiger partial charge in [0, 0.05) is 6.04 Å². The van der Waals surface area contributed by atoms with E-state index in [9.17, 15) is 0 Å². The zero-order valence-corrected chi connectivity index (χ0v) is 11.9. The fraction of sp³-hybridized carbons (Fsp3) is 0.733. The molecule has 1 saturated carbocycles. The molecule has 0 aliphatic heterocycles. The van der Waals surface area contributed by atoms with E-state index in [0.29, 0.717) is 6.04 Å². The predicted octanol–water partition coefficient (Wildman–Crippen LogP) is 4.62. The Morgan fingerprint density at radius 1 is 1.35 bits per heavy atom. The van der Waals surface area contributed by atoms with E-state index in [1.54, 1.807) is 0 Å². The first-order chi connectivity index (χ1) is 8.35. The fourth-order valence-corrected chi connectivity index (χ4v) is 4.04. The maximum atomic E-state index is 3.53. The zero-order chi connectivity index (χ0) is 12.1. The summed E-state index contributed by atoms with van der Waals surface area (Å²) in [5.41, 5.74) is 1.50. The molecule has 2 heteroatoms. The number of rotatable bonds is 5. The lowest BCUT2D eigenvalue weighted by atomic mass is 9.76. The average molecular weight is 251 g/mol. The molecule has 1 nitrogen and oxygen atoms in total. The second kappa shape index (κ2) is 6.55. The van der Waals surface area contributed by atoms with Crippen molar-refractivity contribution in [1.29, 1.82) is 0 Å². The van der Waals surface area contributed by atoms with E-state index in [-0.39, 0.29) is 0 Å². The van der Waals surface area contributed by atoms with Gasteiger partial charge in [-0.05, 0) is 54.1 Å². The molecule has 1 aliphatic rings. The summed E-state index contributed by atoms with van der Waals surface area (Å²) in [7, 11) is 2.11. The molecule has 1 heterocycles. The Morgan fingerprint density at radius 2 is 2.12 bits per heavy atom. The van der Waals surface area contributed by atoms with Crippen LogP contribution in [0.25, 0.3) is 0 Å². The SMILES string of the molecule is CCCC1CCC(C(NC)c2ccsc2)CC1. The van der Waals surface area contributed by atoms with Gasteiger partial charge in [-0.25, -0.2) is 0 Å². The Morgan fingerprint density at radius 3 is 2.65 bits per heavy atom. The van der Waals surface area contributed by atoms with Gasteiger partial charge >= 0.3 is 0 Å². The quantitative estimate of drug-likeness (QED) is 0.805. The molecule has 0 aromatic carbocycles. The summed E-state index contributed by atoms with van der Waals surface area (Å²) >= 11 is 1.82. The van der Waals surface area contributed by atoms with Crippen molar-refractivity contribution in [3.8, 4) is 0 Å². The molecule has 2 rings (SSSR count). The highest BCUT2D eigenvalue weighted by atomic mass is 32.1. The molecule has 96 valence electrons. The normalized spacial score (nSPS) is 26.9. The lowest BCUT2D eigenvalue weighted by molar-refractivity contribution is 0.220. The van der Waals surface area contributed by atoms with Crippen LogP contribution in [0.15, 0.2) is 16.8 Å². The monoisotopic (exact) mass is 251 g/mol. The van der Waals surface area contributed by atoms with Crippen molar-refractivity contribution in [3.05, 3.63) is 22.4 Å². The lowest BCUT2D eigenvalue weighted by Gasteiger charge is -2.33. The molecule has 1 atom stereocenters. The lowest BCUT2D eigenvalue weighted by Crippen LogP contribution is -2.28. The molecule has 1 N–H and O–H groups in total. The van der Waals surface area contributed by atoms with Crippen molar-refractivity contribution in [3.63, 3.8) is 0 Å². The topological polar surface area (TPSA) is 12.0 Å². The predicted molar refractivity (Wildman–Crippen MR) is 76.5 cm³/mol. The molecule has 0 radical (unpaired) electrons. The number of nitrogens with one attached hydrogen (secondary N) is 1. The summed E-state index contributed by atoms with van der Waals surface area (Å²) in [5.74, 6) is 1.86. The third-order valence-electron chi connectivity index (χ3n) is 4.27. The summed E-state index contributed by atoms with van der Waals surface area (Å²) in [6, 6.07) is 2.87.